The molecule has 6 heteroatoms. The molecule has 0 amide bonds. The van der Waals surface area contributed by atoms with Crippen molar-refractivity contribution >= 4 is 11.9 Å². The Morgan fingerprint density at radius 3 is 1.16 bits per heavy atom. The standard InChI is InChI=1S/C44H38O6/c1-3-41(45)49-25-13-23-47-39-28-40(48-24-14-26-50-42(46)4-2)38(44-35-21-11-7-17-31(35)32-18-8-12-22-36(32)44)27-37(39)43-33-19-9-5-15-29(33)30-16-6-10-20-34(30)43/h3-12,15-22,27-28,43-44H,1-2,13-14,23-26H2. The lowest BCUT2D eigenvalue weighted by atomic mass is 9.83. The van der Waals surface area contributed by atoms with E-state index in [9.17, 15) is 9.59 Å². The molecule has 0 heterocycles. The summed E-state index contributed by atoms with van der Waals surface area (Å²) < 4.78 is 23.6. The maximum atomic E-state index is 11.7. The summed E-state index contributed by atoms with van der Waals surface area (Å²) in [5.41, 5.74) is 11.8. The van der Waals surface area contributed by atoms with E-state index in [0.717, 1.165) is 23.3 Å². The first kappa shape index (κ1) is 32.7. The Morgan fingerprint density at radius 1 is 0.480 bits per heavy atom. The Morgan fingerprint density at radius 2 is 0.820 bits per heavy atom. The number of hydrogen-bond acceptors (Lipinski definition) is 6. The lowest BCUT2D eigenvalue weighted by Crippen LogP contribution is -2.12. The van der Waals surface area contributed by atoms with Crippen molar-refractivity contribution in [2.75, 3.05) is 26.4 Å². The van der Waals surface area contributed by atoms with Crippen LogP contribution in [-0.4, -0.2) is 38.4 Å². The fraction of sp³-hybridized carbons (Fsp3) is 0.182. The third-order valence-corrected chi connectivity index (χ3v) is 9.35. The lowest BCUT2D eigenvalue weighted by molar-refractivity contribution is -0.138. The molecule has 0 saturated heterocycles. The lowest BCUT2D eigenvalue weighted by Gasteiger charge is -2.25. The first-order chi connectivity index (χ1) is 24.6. The van der Waals surface area contributed by atoms with Gasteiger partial charge in [-0.2, -0.15) is 0 Å². The van der Waals surface area contributed by atoms with Crippen molar-refractivity contribution in [2.24, 2.45) is 0 Å². The SMILES string of the molecule is C=CC(=O)OCCCOc1cc(OCCCOC(=O)C=C)c(C2c3ccccc3-c3ccccc32)cc1C1c2ccccc2-c2ccccc21. The molecule has 7 rings (SSSR count). The minimum Gasteiger partial charge on any atom is -0.493 e. The Kier molecular flexibility index (Phi) is 9.61. The predicted molar refractivity (Wildman–Crippen MR) is 195 cm³/mol. The Labute approximate surface area is 292 Å². The molecular formula is C44H38O6. The van der Waals surface area contributed by atoms with Gasteiger partial charge in [-0.1, -0.05) is 110 Å². The zero-order valence-corrected chi connectivity index (χ0v) is 27.8. The molecule has 0 saturated carbocycles. The molecule has 0 fully saturated rings. The molecule has 5 aromatic rings. The van der Waals surface area contributed by atoms with Gasteiger partial charge in [0.1, 0.15) is 11.5 Å². The minimum atomic E-state index is -0.458. The van der Waals surface area contributed by atoms with Crippen molar-refractivity contribution < 1.29 is 28.5 Å². The molecule has 0 unspecified atom stereocenters. The molecular weight excluding hydrogens is 624 g/mol. The predicted octanol–water partition coefficient (Wildman–Crippen LogP) is 9.00. The van der Waals surface area contributed by atoms with Gasteiger partial charge in [0.05, 0.1) is 26.4 Å². The fourth-order valence-corrected chi connectivity index (χ4v) is 7.22. The van der Waals surface area contributed by atoms with Gasteiger partial charge in [0.15, 0.2) is 0 Å². The fourth-order valence-electron chi connectivity index (χ4n) is 7.22. The second-order valence-electron chi connectivity index (χ2n) is 12.3. The number of carbonyl (C=O) groups excluding carboxylic acids is 2. The van der Waals surface area contributed by atoms with Gasteiger partial charge < -0.3 is 18.9 Å². The number of fused-ring (bicyclic) bond motifs is 6. The van der Waals surface area contributed by atoms with Crippen LogP contribution < -0.4 is 9.47 Å². The molecule has 250 valence electrons. The summed E-state index contributed by atoms with van der Waals surface area (Å²) >= 11 is 0. The zero-order chi connectivity index (χ0) is 34.5. The highest BCUT2D eigenvalue weighted by atomic mass is 16.5. The normalized spacial score (nSPS) is 12.6. The van der Waals surface area contributed by atoms with Crippen LogP contribution in [0.25, 0.3) is 22.3 Å². The maximum absolute atomic E-state index is 11.7. The molecule has 2 aliphatic rings. The van der Waals surface area contributed by atoms with E-state index >= 15 is 0 Å². The van der Waals surface area contributed by atoms with Crippen molar-refractivity contribution in [2.45, 2.75) is 24.7 Å². The quantitative estimate of drug-likeness (QED) is 0.0658. The van der Waals surface area contributed by atoms with E-state index in [0.29, 0.717) is 37.6 Å². The van der Waals surface area contributed by atoms with E-state index < -0.39 is 11.9 Å². The Bertz CT molecular complexity index is 1840. The van der Waals surface area contributed by atoms with Gasteiger partial charge >= 0.3 is 11.9 Å². The van der Waals surface area contributed by atoms with Gasteiger partial charge in [-0.3, -0.25) is 0 Å². The number of benzene rings is 5. The van der Waals surface area contributed by atoms with Gasteiger partial charge in [-0.15, -0.1) is 0 Å². The molecule has 2 aliphatic carbocycles. The molecule has 0 N–H and O–H groups in total. The monoisotopic (exact) mass is 662 g/mol. The number of ether oxygens (including phenoxy) is 4. The maximum Gasteiger partial charge on any atom is 0.330 e. The average Bonchev–Trinajstić information content (AvgIpc) is 3.67. The summed E-state index contributed by atoms with van der Waals surface area (Å²) in [6.07, 6.45) is 3.33. The number of carbonyl (C=O) groups is 2. The number of rotatable bonds is 14. The second kappa shape index (κ2) is 14.7. The molecule has 0 aromatic heterocycles. The van der Waals surface area contributed by atoms with Crippen LogP contribution >= 0.6 is 0 Å². The molecule has 50 heavy (non-hydrogen) atoms. The largest absolute Gasteiger partial charge is 0.493 e. The highest BCUT2D eigenvalue weighted by Gasteiger charge is 2.36. The van der Waals surface area contributed by atoms with E-state index in [-0.39, 0.29) is 25.0 Å². The summed E-state index contributed by atoms with van der Waals surface area (Å²) in [4.78, 5) is 23.3. The molecule has 0 bridgehead atoms. The van der Waals surface area contributed by atoms with Crippen LogP contribution in [0.2, 0.25) is 0 Å². The van der Waals surface area contributed by atoms with Gasteiger partial charge in [0.25, 0.3) is 0 Å². The van der Waals surface area contributed by atoms with Gasteiger partial charge in [-0.25, -0.2) is 9.59 Å². The minimum absolute atomic E-state index is 0.0750. The Balaban J connectivity index is 1.35. The van der Waals surface area contributed by atoms with Crippen LogP contribution in [0.15, 0.2) is 135 Å². The van der Waals surface area contributed by atoms with Crippen molar-refractivity contribution in [3.05, 3.63) is 168 Å². The molecule has 5 aromatic carbocycles. The van der Waals surface area contributed by atoms with Crippen molar-refractivity contribution in [1.82, 2.24) is 0 Å². The van der Waals surface area contributed by atoms with Crippen molar-refractivity contribution in [3.8, 4) is 33.8 Å². The summed E-state index contributed by atoms with van der Waals surface area (Å²) in [6, 6.07) is 38.5. The topological polar surface area (TPSA) is 71.1 Å². The van der Waals surface area contributed by atoms with E-state index in [1.165, 1.54) is 44.5 Å². The van der Waals surface area contributed by atoms with E-state index in [2.05, 4.69) is 116 Å². The first-order valence-electron chi connectivity index (χ1n) is 17.0. The highest BCUT2D eigenvalue weighted by molar-refractivity contribution is 5.84. The molecule has 0 aliphatic heterocycles. The van der Waals surface area contributed by atoms with Crippen molar-refractivity contribution in [1.29, 1.82) is 0 Å². The summed E-state index contributed by atoms with van der Waals surface area (Å²) in [7, 11) is 0. The molecule has 0 atom stereocenters. The van der Waals surface area contributed by atoms with Crippen LogP contribution in [0, 0.1) is 0 Å². The number of hydrogen-bond donors (Lipinski definition) is 0. The third kappa shape index (κ3) is 6.32. The smallest absolute Gasteiger partial charge is 0.330 e. The van der Waals surface area contributed by atoms with E-state index in [1.54, 1.807) is 0 Å². The Hall–Kier alpha value is -5.88. The van der Waals surface area contributed by atoms with Crippen LogP contribution in [0.3, 0.4) is 0 Å². The van der Waals surface area contributed by atoms with Crippen molar-refractivity contribution in [3.63, 3.8) is 0 Å². The van der Waals surface area contributed by atoms with E-state index in [4.69, 9.17) is 18.9 Å². The average molecular weight is 663 g/mol. The van der Waals surface area contributed by atoms with Gasteiger partial charge in [0.2, 0.25) is 0 Å². The van der Waals surface area contributed by atoms with E-state index in [1.807, 2.05) is 6.07 Å². The second-order valence-corrected chi connectivity index (χ2v) is 12.3. The van der Waals surface area contributed by atoms with Crippen LogP contribution in [0.1, 0.15) is 58.1 Å². The third-order valence-electron chi connectivity index (χ3n) is 9.35. The van der Waals surface area contributed by atoms with Gasteiger partial charge in [-0.05, 0) is 50.6 Å². The highest BCUT2D eigenvalue weighted by Crippen LogP contribution is 2.54. The molecule has 0 radical (unpaired) electrons. The summed E-state index contributed by atoms with van der Waals surface area (Å²) in [5, 5.41) is 0. The van der Waals surface area contributed by atoms with Crippen LogP contribution in [0.4, 0.5) is 0 Å². The number of esters is 2. The van der Waals surface area contributed by atoms with Crippen LogP contribution in [-0.2, 0) is 19.1 Å². The summed E-state index contributed by atoms with van der Waals surface area (Å²) in [6.45, 7) is 8.06. The van der Waals surface area contributed by atoms with Gasteiger partial charge in [0, 0.05) is 54.0 Å². The van der Waals surface area contributed by atoms with Crippen LogP contribution in [0.5, 0.6) is 11.5 Å². The zero-order valence-electron chi connectivity index (χ0n) is 27.8. The first-order valence-corrected chi connectivity index (χ1v) is 17.0. The summed E-state index contributed by atoms with van der Waals surface area (Å²) in [5.74, 6) is 0.338. The molecule has 0 spiro atoms. The molecule has 6 nitrogen and oxygen atoms in total.